The van der Waals surface area contributed by atoms with E-state index in [2.05, 4.69) is 27.7 Å². The highest BCUT2D eigenvalue weighted by Crippen LogP contribution is 2.24. The molecule has 0 aliphatic carbocycles. The van der Waals surface area contributed by atoms with Crippen LogP contribution >= 0.6 is 17.1 Å². The third kappa shape index (κ3) is 17.3. The van der Waals surface area contributed by atoms with E-state index in [1.54, 1.807) is 0 Å². The Labute approximate surface area is 133 Å². The zero-order valence-electron chi connectivity index (χ0n) is 14.0. The second-order valence-electron chi connectivity index (χ2n) is 5.67. The van der Waals surface area contributed by atoms with Gasteiger partial charge in [0.15, 0.2) is 8.46 Å². The van der Waals surface area contributed by atoms with E-state index in [0.29, 0.717) is 17.9 Å². The van der Waals surface area contributed by atoms with Crippen molar-refractivity contribution >= 4 is 22.5 Å². The van der Waals surface area contributed by atoms with Gasteiger partial charge < -0.3 is 0 Å². The van der Waals surface area contributed by atoms with Crippen LogP contribution in [0, 0.1) is 11.3 Å². The molecule has 120 valence electrons. The quantitative estimate of drug-likeness (QED) is 0.630. The molecule has 1 atom stereocenters. The van der Waals surface area contributed by atoms with Gasteiger partial charge in [-0.1, -0.05) is 59.7 Å². The fourth-order valence-electron chi connectivity index (χ4n) is 1.75. The van der Waals surface area contributed by atoms with Gasteiger partial charge in [-0.05, 0) is 29.9 Å². The highest BCUT2D eigenvalue weighted by molar-refractivity contribution is 7.34. The van der Waals surface area contributed by atoms with Crippen molar-refractivity contribution in [2.24, 2.45) is 11.3 Å². The fourth-order valence-corrected chi connectivity index (χ4v) is 2.36. The maximum atomic E-state index is 10.1. The van der Waals surface area contributed by atoms with Crippen LogP contribution in [-0.4, -0.2) is 6.61 Å². The Morgan fingerprint density at radius 2 is 1.62 bits per heavy atom. The van der Waals surface area contributed by atoms with Crippen molar-refractivity contribution in [1.29, 1.82) is 0 Å². The highest BCUT2D eigenvalue weighted by atomic mass is 31.1. The monoisotopic (exact) mass is 330 g/mol. The lowest BCUT2D eigenvalue weighted by atomic mass is 9.86. The third-order valence-electron chi connectivity index (χ3n) is 2.23. The van der Waals surface area contributed by atoms with Crippen LogP contribution < -0.4 is 5.30 Å². The van der Waals surface area contributed by atoms with E-state index in [4.69, 9.17) is 4.52 Å². The second-order valence-corrected chi connectivity index (χ2v) is 6.77. The summed E-state index contributed by atoms with van der Waals surface area (Å²) in [4.78, 5) is 0. The molecule has 0 radical (unpaired) electrons. The summed E-state index contributed by atoms with van der Waals surface area (Å²) >= 11 is 0. The van der Waals surface area contributed by atoms with Crippen molar-refractivity contribution in [3.05, 3.63) is 30.3 Å². The summed E-state index contributed by atoms with van der Waals surface area (Å²) in [6.07, 6.45) is 1.10. The Balaban J connectivity index is 0. The first-order valence-electron chi connectivity index (χ1n) is 7.22. The molecular weight excluding hydrogens is 302 g/mol. The molecule has 5 heteroatoms. The van der Waals surface area contributed by atoms with Crippen LogP contribution in [0.15, 0.2) is 30.3 Å². The number of hydrogen-bond donors (Lipinski definition) is 0. The molecule has 0 fully saturated rings. The van der Waals surface area contributed by atoms with Crippen molar-refractivity contribution in [2.75, 3.05) is 6.61 Å². The molecule has 21 heavy (non-hydrogen) atoms. The van der Waals surface area contributed by atoms with Gasteiger partial charge in [-0.15, -0.1) is 0 Å². The lowest BCUT2D eigenvalue weighted by Gasteiger charge is -2.21. The van der Waals surface area contributed by atoms with Gasteiger partial charge in [-0.2, -0.15) is 0 Å². The smallest absolute Gasteiger partial charge is 0.294 e. The third-order valence-corrected chi connectivity index (χ3v) is 3.00. The van der Waals surface area contributed by atoms with E-state index in [9.17, 15) is 9.13 Å². The van der Waals surface area contributed by atoms with E-state index in [-0.39, 0.29) is 17.1 Å². The minimum absolute atomic E-state index is 0.0994. The van der Waals surface area contributed by atoms with E-state index in [1.165, 1.54) is 0 Å². The van der Waals surface area contributed by atoms with Gasteiger partial charge >= 0.3 is 8.69 Å². The molecule has 0 spiro atoms. The molecule has 3 nitrogen and oxygen atoms in total. The molecular formula is C16H28O3P2. The zero-order chi connectivity index (χ0) is 16.7. The van der Waals surface area contributed by atoms with Gasteiger partial charge in [0.05, 0.1) is 6.61 Å². The van der Waals surface area contributed by atoms with Crippen molar-refractivity contribution in [3.8, 4) is 0 Å². The molecule has 0 saturated heterocycles. The predicted molar refractivity (Wildman–Crippen MR) is 91.8 cm³/mol. The Morgan fingerprint density at radius 1 is 1.10 bits per heavy atom. The first-order valence-corrected chi connectivity index (χ1v) is 8.76. The minimum atomic E-state index is -0.204. The Bertz CT molecular complexity index is 362. The molecule has 0 bridgehead atoms. The Morgan fingerprint density at radius 3 is 1.95 bits per heavy atom. The predicted octanol–water partition coefficient (Wildman–Crippen LogP) is 5.91. The number of hydrogen-bond acceptors (Lipinski definition) is 3. The SMILES string of the molecule is CC.CC(COP=O)CC(C)(C)C.O=Pc1ccccc1. The van der Waals surface area contributed by atoms with Crippen LogP contribution in [0.1, 0.15) is 48.0 Å². The summed E-state index contributed by atoms with van der Waals surface area (Å²) in [5.41, 5.74) is 0.336. The maximum absolute atomic E-state index is 10.1. The van der Waals surface area contributed by atoms with E-state index < -0.39 is 0 Å². The molecule has 0 aromatic heterocycles. The van der Waals surface area contributed by atoms with Gasteiger partial charge in [-0.3, -0.25) is 9.09 Å². The summed E-state index contributed by atoms with van der Waals surface area (Å²) in [7, 11) is -0.104. The average Bonchev–Trinajstić information content (AvgIpc) is 2.47. The largest absolute Gasteiger partial charge is 0.327 e. The van der Waals surface area contributed by atoms with Gasteiger partial charge in [-0.25, -0.2) is 4.57 Å². The molecule has 0 N–H and O–H groups in total. The first-order chi connectivity index (χ1) is 9.89. The zero-order valence-corrected chi connectivity index (χ0v) is 15.8. The summed E-state index contributed by atoms with van der Waals surface area (Å²) in [6.45, 7) is 13.3. The molecule has 0 aliphatic heterocycles. The lowest BCUT2D eigenvalue weighted by Crippen LogP contribution is -2.13. The van der Waals surface area contributed by atoms with Crippen molar-refractivity contribution in [3.63, 3.8) is 0 Å². The summed E-state index contributed by atoms with van der Waals surface area (Å²) < 4.78 is 24.8. The number of benzene rings is 1. The summed E-state index contributed by atoms with van der Waals surface area (Å²) in [5, 5.41) is 0.826. The lowest BCUT2D eigenvalue weighted by molar-refractivity contribution is 0.220. The molecule has 1 aromatic rings. The van der Waals surface area contributed by atoms with Crippen LogP contribution in [0.2, 0.25) is 0 Å². The number of rotatable bonds is 5. The van der Waals surface area contributed by atoms with E-state index in [1.807, 2.05) is 44.2 Å². The minimum Gasteiger partial charge on any atom is -0.294 e. The van der Waals surface area contributed by atoms with Crippen molar-refractivity contribution in [2.45, 2.75) is 48.0 Å². The normalized spacial score (nSPS) is 11.9. The Hall–Kier alpha value is -0.620. The maximum Gasteiger partial charge on any atom is 0.327 e. The van der Waals surface area contributed by atoms with E-state index in [0.717, 1.165) is 11.7 Å². The van der Waals surface area contributed by atoms with Gasteiger partial charge in [0.1, 0.15) is 0 Å². The van der Waals surface area contributed by atoms with Gasteiger partial charge in [0, 0.05) is 5.30 Å². The Kier molecular flexibility index (Phi) is 15.5. The second kappa shape index (κ2) is 14.3. The van der Waals surface area contributed by atoms with Crippen molar-refractivity contribution in [1.82, 2.24) is 0 Å². The van der Waals surface area contributed by atoms with E-state index >= 15 is 0 Å². The van der Waals surface area contributed by atoms with Crippen LogP contribution in [0.3, 0.4) is 0 Å². The first kappa shape index (κ1) is 22.7. The van der Waals surface area contributed by atoms with Crippen LogP contribution in [0.25, 0.3) is 0 Å². The summed E-state index contributed by atoms with van der Waals surface area (Å²) in [5.74, 6) is 0.483. The molecule has 0 heterocycles. The molecule has 0 amide bonds. The van der Waals surface area contributed by atoms with Gasteiger partial charge in [0.25, 0.3) is 0 Å². The summed E-state index contributed by atoms with van der Waals surface area (Å²) in [6, 6.07) is 9.25. The van der Waals surface area contributed by atoms with Crippen molar-refractivity contribution < 1.29 is 13.7 Å². The molecule has 1 aromatic carbocycles. The van der Waals surface area contributed by atoms with Gasteiger partial charge in [0.2, 0.25) is 0 Å². The molecule has 1 rings (SSSR count). The fraction of sp³-hybridized carbons (Fsp3) is 0.625. The van der Waals surface area contributed by atoms with Crippen LogP contribution in [0.4, 0.5) is 0 Å². The molecule has 0 aliphatic rings. The van der Waals surface area contributed by atoms with Crippen LogP contribution in [0.5, 0.6) is 0 Å². The highest BCUT2D eigenvalue weighted by Gasteiger charge is 2.15. The molecule has 0 saturated carbocycles. The van der Waals surface area contributed by atoms with Crippen LogP contribution in [-0.2, 0) is 13.7 Å². The standard InChI is InChI=1S/C8H17O2P.C6H5OP.C2H6/c1-7(6-10-11-9)5-8(2,3)4;7-8-6-4-2-1-3-5-6;1-2/h7H,5-6H2,1-4H3;1-5H;1-2H3. The average molecular weight is 330 g/mol. The topological polar surface area (TPSA) is 43.4 Å². The molecule has 1 unspecified atom stereocenters.